The van der Waals surface area contributed by atoms with Gasteiger partial charge in [0.05, 0.1) is 10.4 Å². The standard InChI is InChI=1S/C17H15BrN2O2/c1-11(2)16-10-19(17-9-12(18)3-8-15(16)17)13-4-6-14(7-5-13)20(21)22/h3-11H,1-2H3. The van der Waals surface area contributed by atoms with E-state index < -0.39 is 0 Å². The second kappa shape index (κ2) is 5.57. The van der Waals surface area contributed by atoms with Crippen LogP contribution in [-0.4, -0.2) is 9.49 Å². The minimum absolute atomic E-state index is 0.102. The Morgan fingerprint density at radius 2 is 1.82 bits per heavy atom. The predicted molar refractivity (Wildman–Crippen MR) is 91.7 cm³/mol. The van der Waals surface area contributed by atoms with Gasteiger partial charge < -0.3 is 4.57 Å². The average molecular weight is 359 g/mol. The summed E-state index contributed by atoms with van der Waals surface area (Å²) in [6.07, 6.45) is 2.11. The van der Waals surface area contributed by atoms with Crippen molar-refractivity contribution in [1.82, 2.24) is 4.57 Å². The zero-order chi connectivity index (χ0) is 15.9. The summed E-state index contributed by atoms with van der Waals surface area (Å²) in [4.78, 5) is 10.4. The Morgan fingerprint density at radius 3 is 2.41 bits per heavy atom. The number of fused-ring (bicyclic) bond motifs is 1. The first-order valence-corrected chi connectivity index (χ1v) is 7.82. The maximum atomic E-state index is 10.8. The minimum atomic E-state index is -0.381. The highest BCUT2D eigenvalue weighted by Crippen LogP contribution is 2.32. The van der Waals surface area contributed by atoms with Gasteiger partial charge >= 0.3 is 0 Å². The molecule has 0 N–H and O–H groups in total. The lowest BCUT2D eigenvalue weighted by Gasteiger charge is -2.05. The van der Waals surface area contributed by atoms with Crippen molar-refractivity contribution < 1.29 is 4.92 Å². The molecule has 2 aromatic carbocycles. The van der Waals surface area contributed by atoms with Crippen LogP contribution in [0.25, 0.3) is 16.6 Å². The first-order valence-electron chi connectivity index (χ1n) is 7.02. The van der Waals surface area contributed by atoms with Crippen LogP contribution in [0.2, 0.25) is 0 Å². The molecule has 0 amide bonds. The summed E-state index contributed by atoms with van der Waals surface area (Å²) in [5.74, 6) is 0.406. The molecule has 0 aliphatic heterocycles. The van der Waals surface area contributed by atoms with Gasteiger partial charge in [0.2, 0.25) is 0 Å². The van der Waals surface area contributed by atoms with Gasteiger partial charge in [-0.05, 0) is 35.7 Å². The highest BCUT2D eigenvalue weighted by atomic mass is 79.9. The van der Waals surface area contributed by atoms with Crippen LogP contribution >= 0.6 is 15.9 Å². The van der Waals surface area contributed by atoms with Crippen LogP contribution in [0.4, 0.5) is 5.69 Å². The van der Waals surface area contributed by atoms with E-state index in [-0.39, 0.29) is 10.6 Å². The van der Waals surface area contributed by atoms with Crippen molar-refractivity contribution in [3.63, 3.8) is 0 Å². The van der Waals surface area contributed by atoms with Gasteiger partial charge in [0.15, 0.2) is 0 Å². The second-order valence-corrected chi connectivity index (χ2v) is 6.46. The van der Waals surface area contributed by atoms with Crippen molar-refractivity contribution in [2.24, 2.45) is 0 Å². The summed E-state index contributed by atoms with van der Waals surface area (Å²) in [6.45, 7) is 4.33. The van der Waals surface area contributed by atoms with E-state index in [9.17, 15) is 10.1 Å². The van der Waals surface area contributed by atoms with Crippen LogP contribution in [0.3, 0.4) is 0 Å². The molecule has 112 valence electrons. The van der Waals surface area contributed by atoms with E-state index in [1.165, 1.54) is 23.1 Å². The van der Waals surface area contributed by atoms with Gasteiger partial charge in [-0.1, -0.05) is 35.8 Å². The van der Waals surface area contributed by atoms with E-state index in [2.05, 4.69) is 52.7 Å². The van der Waals surface area contributed by atoms with Gasteiger partial charge in [0.25, 0.3) is 5.69 Å². The van der Waals surface area contributed by atoms with Crippen LogP contribution in [0.15, 0.2) is 53.1 Å². The Bertz CT molecular complexity index is 851. The fourth-order valence-electron chi connectivity index (χ4n) is 2.64. The zero-order valence-electron chi connectivity index (χ0n) is 12.3. The summed E-state index contributed by atoms with van der Waals surface area (Å²) in [5.41, 5.74) is 3.37. The van der Waals surface area contributed by atoms with E-state index in [4.69, 9.17) is 0 Å². The van der Waals surface area contributed by atoms with Gasteiger partial charge in [0, 0.05) is 33.9 Å². The third-order valence-electron chi connectivity index (χ3n) is 3.76. The molecule has 0 fully saturated rings. The molecule has 0 saturated carbocycles. The molecule has 5 heteroatoms. The molecular weight excluding hydrogens is 344 g/mol. The van der Waals surface area contributed by atoms with E-state index in [0.717, 1.165) is 15.7 Å². The van der Waals surface area contributed by atoms with Crippen LogP contribution in [-0.2, 0) is 0 Å². The second-order valence-electron chi connectivity index (χ2n) is 5.54. The summed E-state index contributed by atoms with van der Waals surface area (Å²) in [6, 6.07) is 12.8. The zero-order valence-corrected chi connectivity index (χ0v) is 13.9. The number of non-ortho nitro benzene ring substituents is 1. The Morgan fingerprint density at radius 1 is 1.14 bits per heavy atom. The highest BCUT2D eigenvalue weighted by molar-refractivity contribution is 9.10. The number of aromatic nitrogens is 1. The number of nitrogens with zero attached hydrogens (tertiary/aromatic N) is 2. The molecule has 0 spiro atoms. The summed E-state index contributed by atoms with van der Waals surface area (Å²) < 4.78 is 3.09. The molecular formula is C17H15BrN2O2. The molecule has 1 aromatic heterocycles. The molecule has 0 radical (unpaired) electrons. The fourth-order valence-corrected chi connectivity index (χ4v) is 2.98. The maximum absolute atomic E-state index is 10.8. The van der Waals surface area contributed by atoms with Crippen molar-refractivity contribution in [1.29, 1.82) is 0 Å². The Balaban J connectivity index is 2.21. The number of benzene rings is 2. The van der Waals surface area contributed by atoms with Gasteiger partial charge in [-0.15, -0.1) is 0 Å². The average Bonchev–Trinajstić information content (AvgIpc) is 2.86. The van der Waals surface area contributed by atoms with Crippen molar-refractivity contribution in [2.75, 3.05) is 0 Å². The van der Waals surface area contributed by atoms with E-state index >= 15 is 0 Å². The summed E-state index contributed by atoms with van der Waals surface area (Å²) in [7, 11) is 0. The first kappa shape index (κ1) is 14.8. The van der Waals surface area contributed by atoms with Gasteiger partial charge in [-0.2, -0.15) is 0 Å². The number of halogens is 1. The third kappa shape index (κ3) is 2.52. The Labute approximate surface area is 136 Å². The molecule has 0 atom stereocenters. The molecule has 3 rings (SSSR count). The van der Waals surface area contributed by atoms with E-state index in [0.29, 0.717) is 5.92 Å². The fraction of sp³-hybridized carbons (Fsp3) is 0.176. The van der Waals surface area contributed by atoms with Gasteiger partial charge in [-0.25, -0.2) is 0 Å². The Hall–Kier alpha value is -2.14. The maximum Gasteiger partial charge on any atom is 0.269 e. The first-order chi connectivity index (χ1) is 10.5. The lowest BCUT2D eigenvalue weighted by atomic mass is 10.0. The topological polar surface area (TPSA) is 48.1 Å². The highest BCUT2D eigenvalue weighted by Gasteiger charge is 2.13. The number of nitro benzene ring substituents is 1. The molecule has 0 saturated heterocycles. The number of rotatable bonds is 3. The van der Waals surface area contributed by atoms with Gasteiger partial charge in [-0.3, -0.25) is 10.1 Å². The molecule has 4 nitrogen and oxygen atoms in total. The molecule has 3 aromatic rings. The monoisotopic (exact) mass is 358 g/mol. The Kier molecular flexibility index (Phi) is 3.74. The van der Waals surface area contributed by atoms with E-state index in [1.807, 2.05) is 6.07 Å². The molecule has 22 heavy (non-hydrogen) atoms. The SMILES string of the molecule is CC(C)c1cn(-c2ccc([N+](=O)[O-])cc2)c2cc(Br)ccc12. The van der Waals surface area contributed by atoms with Crippen LogP contribution < -0.4 is 0 Å². The van der Waals surface area contributed by atoms with Crippen LogP contribution in [0, 0.1) is 10.1 Å². The normalized spacial score (nSPS) is 11.3. The van der Waals surface area contributed by atoms with Crippen LogP contribution in [0.5, 0.6) is 0 Å². The lowest BCUT2D eigenvalue weighted by Crippen LogP contribution is -1.93. The van der Waals surface area contributed by atoms with Gasteiger partial charge in [0.1, 0.15) is 0 Å². The quantitative estimate of drug-likeness (QED) is 0.463. The van der Waals surface area contributed by atoms with Crippen molar-refractivity contribution in [2.45, 2.75) is 19.8 Å². The minimum Gasteiger partial charge on any atom is -0.316 e. The third-order valence-corrected chi connectivity index (χ3v) is 4.25. The molecule has 0 bridgehead atoms. The van der Waals surface area contributed by atoms with Crippen molar-refractivity contribution in [3.8, 4) is 5.69 Å². The van der Waals surface area contributed by atoms with E-state index in [1.54, 1.807) is 12.1 Å². The van der Waals surface area contributed by atoms with Crippen molar-refractivity contribution >= 4 is 32.5 Å². The molecule has 0 aliphatic carbocycles. The smallest absolute Gasteiger partial charge is 0.269 e. The number of hydrogen-bond donors (Lipinski definition) is 0. The molecule has 1 heterocycles. The summed E-state index contributed by atoms with van der Waals surface area (Å²) in [5, 5.41) is 12.0. The van der Waals surface area contributed by atoms with Crippen molar-refractivity contribution in [3.05, 3.63) is 68.8 Å². The molecule has 0 aliphatic rings. The summed E-state index contributed by atoms with van der Waals surface area (Å²) >= 11 is 3.51. The lowest BCUT2D eigenvalue weighted by molar-refractivity contribution is -0.384. The van der Waals surface area contributed by atoms with Crippen LogP contribution in [0.1, 0.15) is 25.3 Å². The largest absolute Gasteiger partial charge is 0.316 e. The number of nitro groups is 1. The molecule has 0 unspecified atom stereocenters. The number of hydrogen-bond acceptors (Lipinski definition) is 2. The predicted octanol–water partition coefficient (Wildman–Crippen LogP) is 5.42.